The van der Waals surface area contributed by atoms with Gasteiger partial charge >= 0.3 is 0 Å². The molecule has 0 amide bonds. The Kier molecular flexibility index (Phi) is 4.48. The zero-order valence-electron chi connectivity index (χ0n) is 13.1. The summed E-state index contributed by atoms with van der Waals surface area (Å²) in [4.78, 5) is 4.61. The number of methoxy groups -OCH3 is 1. The lowest BCUT2D eigenvalue weighted by atomic mass is 10.1. The Hall–Kier alpha value is -2.53. The predicted molar refractivity (Wildman–Crippen MR) is 94.0 cm³/mol. The third-order valence-corrected chi connectivity index (χ3v) is 4.28. The topological polar surface area (TPSA) is 57.4 Å². The van der Waals surface area contributed by atoms with E-state index in [4.69, 9.17) is 15.2 Å². The van der Waals surface area contributed by atoms with E-state index in [-0.39, 0.29) is 0 Å². The number of nitrogen functional groups attached to an aromatic ring is 1. The van der Waals surface area contributed by atoms with Crippen molar-refractivity contribution in [1.82, 2.24) is 4.98 Å². The fourth-order valence-electron chi connectivity index (χ4n) is 2.18. The maximum Gasteiger partial charge on any atom is 0.141 e. The minimum Gasteiger partial charge on any atom is -0.495 e. The second-order valence-corrected chi connectivity index (χ2v) is 6.13. The first-order valence-electron chi connectivity index (χ1n) is 7.23. The molecular weight excluding hydrogens is 308 g/mol. The van der Waals surface area contributed by atoms with Gasteiger partial charge in [-0.25, -0.2) is 4.98 Å². The van der Waals surface area contributed by atoms with E-state index in [1.807, 2.05) is 47.8 Å². The van der Waals surface area contributed by atoms with Gasteiger partial charge in [-0.2, -0.15) is 0 Å². The van der Waals surface area contributed by atoms with Crippen LogP contribution in [0, 0.1) is 6.92 Å². The van der Waals surface area contributed by atoms with Crippen LogP contribution in [0.2, 0.25) is 0 Å². The number of hydrogen-bond acceptors (Lipinski definition) is 5. The molecule has 3 rings (SSSR count). The van der Waals surface area contributed by atoms with Crippen molar-refractivity contribution >= 4 is 17.0 Å². The summed E-state index contributed by atoms with van der Waals surface area (Å²) in [6, 6.07) is 13.7. The minimum absolute atomic E-state index is 0.458. The van der Waals surface area contributed by atoms with Crippen LogP contribution in [-0.2, 0) is 6.61 Å². The molecule has 0 unspecified atom stereocenters. The molecule has 23 heavy (non-hydrogen) atoms. The molecule has 0 bridgehead atoms. The maximum atomic E-state index is 5.95. The first-order valence-corrected chi connectivity index (χ1v) is 8.11. The van der Waals surface area contributed by atoms with Crippen molar-refractivity contribution in [2.75, 3.05) is 12.8 Å². The van der Waals surface area contributed by atoms with E-state index in [1.54, 1.807) is 18.4 Å². The molecule has 0 saturated carbocycles. The summed E-state index contributed by atoms with van der Waals surface area (Å²) in [7, 11) is 1.61. The Morgan fingerprint density at radius 1 is 1.13 bits per heavy atom. The normalized spacial score (nSPS) is 10.5. The van der Waals surface area contributed by atoms with Gasteiger partial charge < -0.3 is 15.2 Å². The van der Waals surface area contributed by atoms with Gasteiger partial charge in [0, 0.05) is 10.9 Å². The summed E-state index contributed by atoms with van der Waals surface area (Å²) in [5.41, 5.74) is 9.64. The summed E-state index contributed by atoms with van der Waals surface area (Å²) in [5, 5.41) is 2.93. The first-order chi connectivity index (χ1) is 11.2. The quantitative estimate of drug-likeness (QED) is 0.711. The molecule has 0 atom stereocenters. The van der Waals surface area contributed by atoms with E-state index >= 15 is 0 Å². The van der Waals surface area contributed by atoms with Crippen LogP contribution < -0.4 is 15.2 Å². The van der Waals surface area contributed by atoms with Crippen molar-refractivity contribution in [3.05, 3.63) is 58.4 Å². The minimum atomic E-state index is 0.458. The van der Waals surface area contributed by atoms with Gasteiger partial charge in [0.2, 0.25) is 0 Å². The van der Waals surface area contributed by atoms with E-state index in [9.17, 15) is 0 Å². The van der Waals surface area contributed by atoms with Crippen LogP contribution >= 0.6 is 11.3 Å². The van der Waals surface area contributed by atoms with E-state index in [1.165, 1.54) is 5.56 Å². The summed E-state index contributed by atoms with van der Waals surface area (Å²) >= 11 is 1.57. The number of anilines is 1. The molecule has 118 valence electrons. The fraction of sp³-hybridized carbons (Fsp3) is 0.167. The zero-order chi connectivity index (χ0) is 16.2. The van der Waals surface area contributed by atoms with Crippen molar-refractivity contribution in [2.24, 2.45) is 0 Å². The van der Waals surface area contributed by atoms with Crippen molar-refractivity contribution in [2.45, 2.75) is 13.5 Å². The van der Waals surface area contributed by atoms with Gasteiger partial charge in [0.1, 0.15) is 23.1 Å². The molecular formula is C18H18N2O2S. The summed E-state index contributed by atoms with van der Waals surface area (Å²) in [6.45, 7) is 2.51. The van der Waals surface area contributed by atoms with E-state index in [0.29, 0.717) is 18.0 Å². The number of rotatable bonds is 5. The van der Waals surface area contributed by atoms with Crippen LogP contribution in [0.25, 0.3) is 11.3 Å². The highest BCUT2D eigenvalue weighted by molar-refractivity contribution is 7.09. The van der Waals surface area contributed by atoms with E-state index < -0.39 is 0 Å². The van der Waals surface area contributed by atoms with Gasteiger partial charge in [-0.1, -0.05) is 17.7 Å². The fourth-order valence-corrected chi connectivity index (χ4v) is 2.90. The molecule has 3 aromatic rings. The van der Waals surface area contributed by atoms with Gasteiger partial charge in [-0.05, 0) is 37.3 Å². The average molecular weight is 326 g/mol. The SMILES string of the molecule is COc1ccc(-c2csc(COc3ccc(C)cc3)n2)cc1N. The second-order valence-electron chi connectivity index (χ2n) is 5.18. The number of hydrogen-bond donors (Lipinski definition) is 1. The highest BCUT2D eigenvalue weighted by Gasteiger charge is 2.08. The molecule has 4 nitrogen and oxygen atoms in total. The van der Waals surface area contributed by atoms with Gasteiger partial charge in [0.25, 0.3) is 0 Å². The molecule has 1 aromatic heterocycles. The molecule has 0 aliphatic heterocycles. The standard InChI is InChI=1S/C18H18N2O2S/c1-12-3-6-14(7-4-12)22-10-18-20-16(11-23-18)13-5-8-17(21-2)15(19)9-13/h3-9,11H,10,19H2,1-2H3. The second kappa shape index (κ2) is 6.71. The molecule has 0 radical (unpaired) electrons. The number of ether oxygens (including phenoxy) is 2. The molecule has 0 spiro atoms. The van der Waals surface area contributed by atoms with Crippen LogP contribution in [0.4, 0.5) is 5.69 Å². The van der Waals surface area contributed by atoms with Crippen LogP contribution in [0.3, 0.4) is 0 Å². The van der Waals surface area contributed by atoms with Crippen molar-refractivity contribution in [3.8, 4) is 22.8 Å². The van der Waals surface area contributed by atoms with Crippen LogP contribution in [0.5, 0.6) is 11.5 Å². The monoisotopic (exact) mass is 326 g/mol. The Morgan fingerprint density at radius 2 is 1.91 bits per heavy atom. The summed E-state index contributed by atoms with van der Waals surface area (Å²) < 4.78 is 10.9. The van der Waals surface area contributed by atoms with E-state index in [2.05, 4.69) is 11.9 Å². The maximum absolute atomic E-state index is 5.95. The van der Waals surface area contributed by atoms with Gasteiger partial charge in [0.05, 0.1) is 18.5 Å². The molecule has 2 N–H and O–H groups in total. The van der Waals surface area contributed by atoms with Crippen LogP contribution in [-0.4, -0.2) is 12.1 Å². The molecule has 2 aromatic carbocycles. The van der Waals surface area contributed by atoms with Gasteiger partial charge in [-0.15, -0.1) is 11.3 Å². The highest BCUT2D eigenvalue weighted by Crippen LogP contribution is 2.29. The molecule has 0 fully saturated rings. The molecule has 0 saturated heterocycles. The van der Waals surface area contributed by atoms with Crippen molar-refractivity contribution < 1.29 is 9.47 Å². The Labute approximate surface area is 139 Å². The van der Waals surface area contributed by atoms with Crippen molar-refractivity contribution in [3.63, 3.8) is 0 Å². The Balaban J connectivity index is 1.70. The smallest absolute Gasteiger partial charge is 0.141 e. The lowest BCUT2D eigenvalue weighted by Crippen LogP contribution is -1.95. The summed E-state index contributed by atoms with van der Waals surface area (Å²) in [5.74, 6) is 1.52. The lowest BCUT2D eigenvalue weighted by molar-refractivity contribution is 0.305. The average Bonchev–Trinajstić information content (AvgIpc) is 3.03. The molecule has 0 aliphatic carbocycles. The number of nitrogens with two attached hydrogens (primary N) is 1. The number of aromatic nitrogens is 1. The van der Waals surface area contributed by atoms with Gasteiger partial charge in [0.15, 0.2) is 0 Å². The largest absolute Gasteiger partial charge is 0.495 e. The Bertz CT molecular complexity index is 797. The summed E-state index contributed by atoms with van der Waals surface area (Å²) in [6.07, 6.45) is 0. The highest BCUT2D eigenvalue weighted by atomic mass is 32.1. The number of aryl methyl sites for hydroxylation is 1. The lowest BCUT2D eigenvalue weighted by Gasteiger charge is -2.05. The van der Waals surface area contributed by atoms with Crippen LogP contribution in [0.15, 0.2) is 47.8 Å². The molecule has 0 aliphatic rings. The third-order valence-electron chi connectivity index (χ3n) is 3.46. The third kappa shape index (κ3) is 3.63. The van der Waals surface area contributed by atoms with E-state index in [0.717, 1.165) is 22.0 Å². The zero-order valence-corrected chi connectivity index (χ0v) is 13.9. The molecule has 1 heterocycles. The first kappa shape index (κ1) is 15.4. The number of nitrogens with zero attached hydrogens (tertiary/aromatic N) is 1. The van der Waals surface area contributed by atoms with Gasteiger partial charge in [-0.3, -0.25) is 0 Å². The van der Waals surface area contributed by atoms with Crippen molar-refractivity contribution in [1.29, 1.82) is 0 Å². The predicted octanol–water partition coefficient (Wildman–Crippen LogP) is 4.29. The molecule has 5 heteroatoms. The number of thiazole rings is 1. The Morgan fingerprint density at radius 3 is 2.61 bits per heavy atom. The van der Waals surface area contributed by atoms with Crippen LogP contribution in [0.1, 0.15) is 10.6 Å². The number of benzene rings is 2.